The molecule has 0 N–H and O–H groups in total. The maximum absolute atomic E-state index is 13.7. The van der Waals surface area contributed by atoms with Crippen molar-refractivity contribution in [1.29, 1.82) is 0 Å². The third-order valence-corrected chi connectivity index (χ3v) is 4.16. The molecule has 3 aromatic rings. The number of methoxy groups -OCH3 is 1. The summed E-state index contributed by atoms with van der Waals surface area (Å²) in [6.07, 6.45) is 1.49. The van der Waals surface area contributed by atoms with Gasteiger partial charge in [-0.05, 0) is 29.8 Å². The van der Waals surface area contributed by atoms with E-state index in [-0.39, 0.29) is 24.7 Å². The highest BCUT2D eigenvalue weighted by atomic mass is 19.1. The number of hydrogen-bond donors (Lipinski definition) is 0. The van der Waals surface area contributed by atoms with Gasteiger partial charge < -0.3 is 14.3 Å². The van der Waals surface area contributed by atoms with E-state index in [1.54, 1.807) is 48.5 Å². The largest absolute Gasteiger partial charge is 0.493 e. The summed E-state index contributed by atoms with van der Waals surface area (Å²) >= 11 is 0. The normalized spacial score (nSPS) is 10.7. The number of ether oxygens (including phenoxy) is 2. The molecule has 0 saturated heterocycles. The second-order valence-electron chi connectivity index (χ2n) is 6.23. The van der Waals surface area contributed by atoms with Crippen molar-refractivity contribution in [1.82, 2.24) is 0 Å². The number of rotatable bonds is 9. The summed E-state index contributed by atoms with van der Waals surface area (Å²) in [7, 11) is 1.50. The first-order chi connectivity index (χ1) is 14.6. The Bertz CT molecular complexity index is 1060. The second-order valence-corrected chi connectivity index (χ2v) is 6.23. The van der Waals surface area contributed by atoms with E-state index in [2.05, 4.69) is 5.16 Å². The maximum atomic E-state index is 13.7. The Kier molecular flexibility index (Phi) is 6.94. The van der Waals surface area contributed by atoms with Crippen molar-refractivity contribution in [2.75, 3.05) is 7.11 Å². The first-order valence-corrected chi connectivity index (χ1v) is 8.99. The Morgan fingerprint density at radius 2 is 1.87 bits per heavy atom. The number of nitro groups is 1. The van der Waals surface area contributed by atoms with Crippen LogP contribution in [0, 0.1) is 15.9 Å². The van der Waals surface area contributed by atoms with Gasteiger partial charge in [0.05, 0.1) is 18.2 Å². The quantitative estimate of drug-likeness (QED) is 0.285. The van der Waals surface area contributed by atoms with Crippen molar-refractivity contribution in [3.8, 4) is 11.5 Å². The Hall–Kier alpha value is -3.94. The van der Waals surface area contributed by atoms with Crippen LogP contribution in [0.3, 0.4) is 0 Å². The maximum Gasteiger partial charge on any atom is 0.269 e. The van der Waals surface area contributed by atoms with Gasteiger partial charge in [-0.1, -0.05) is 35.5 Å². The summed E-state index contributed by atoms with van der Waals surface area (Å²) < 4.78 is 24.7. The Balaban J connectivity index is 1.59. The predicted octanol–water partition coefficient (Wildman–Crippen LogP) is 4.87. The molecule has 0 amide bonds. The lowest BCUT2D eigenvalue weighted by atomic mass is 10.2. The van der Waals surface area contributed by atoms with Crippen molar-refractivity contribution in [2.24, 2.45) is 5.16 Å². The molecule has 3 rings (SSSR count). The number of oxime groups is 1. The summed E-state index contributed by atoms with van der Waals surface area (Å²) in [6, 6.07) is 17.7. The third-order valence-electron chi connectivity index (χ3n) is 4.16. The van der Waals surface area contributed by atoms with E-state index in [0.29, 0.717) is 28.2 Å². The fourth-order valence-corrected chi connectivity index (χ4v) is 2.62. The second kappa shape index (κ2) is 10.0. The first kappa shape index (κ1) is 20.8. The van der Waals surface area contributed by atoms with Crippen LogP contribution in [0.15, 0.2) is 71.9 Å². The van der Waals surface area contributed by atoms with E-state index in [4.69, 9.17) is 14.3 Å². The fourth-order valence-electron chi connectivity index (χ4n) is 2.62. The molecule has 0 radical (unpaired) electrons. The Morgan fingerprint density at radius 3 is 2.63 bits per heavy atom. The van der Waals surface area contributed by atoms with Gasteiger partial charge in [0, 0.05) is 23.3 Å². The fraction of sp³-hybridized carbons (Fsp3) is 0.136. The molecule has 7 nitrogen and oxygen atoms in total. The molecular weight excluding hydrogens is 391 g/mol. The highest BCUT2D eigenvalue weighted by Crippen LogP contribution is 2.28. The van der Waals surface area contributed by atoms with Gasteiger partial charge >= 0.3 is 0 Å². The number of nitro benzene ring substituents is 1. The number of hydrogen-bond acceptors (Lipinski definition) is 6. The summed E-state index contributed by atoms with van der Waals surface area (Å²) in [4.78, 5) is 15.5. The lowest BCUT2D eigenvalue weighted by Crippen LogP contribution is -2.00. The van der Waals surface area contributed by atoms with Crippen LogP contribution < -0.4 is 9.47 Å². The molecule has 30 heavy (non-hydrogen) atoms. The summed E-state index contributed by atoms with van der Waals surface area (Å²) in [6.45, 7) is 0.169. The molecule has 0 saturated carbocycles. The van der Waals surface area contributed by atoms with Crippen LogP contribution in [0.5, 0.6) is 11.5 Å². The molecule has 0 aliphatic carbocycles. The minimum Gasteiger partial charge on any atom is -0.493 e. The Morgan fingerprint density at radius 1 is 1.03 bits per heavy atom. The monoisotopic (exact) mass is 410 g/mol. The summed E-state index contributed by atoms with van der Waals surface area (Å²) in [5.74, 6) is 0.602. The van der Waals surface area contributed by atoms with Crippen LogP contribution in [0.1, 0.15) is 16.7 Å². The van der Waals surface area contributed by atoms with Gasteiger partial charge in [0.2, 0.25) is 0 Å². The standard InChI is InChI=1S/C22H19FN2O5/c1-28-22-12-16(9-10-21(22)29-15-18-6-2-3-8-20(18)23)13-24-30-14-17-5-4-7-19(11-17)25(26)27/h2-13H,14-15H2,1H3/b24-13-. The van der Waals surface area contributed by atoms with E-state index >= 15 is 0 Å². The number of non-ortho nitro benzene ring substituents is 1. The minimum absolute atomic E-state index is 0.00390. The zero-order valence-electron chi connectivity index (χ0n) is 16.2. The van der Waals surface area contributed by atoms with Gasteiger partial charge in [-0.15, -0.1) is 0 Å². The molecule has 0 aliphatic heterocycles. The van der Waals surface area contributed by atoms with Crippen LogP contribution in [0.25, 0.3) is 0 Å². The van der Waals surface area contributed by atoms with Gasteiger partial charge in [-0.25, -0.2) is 4.39 Å². The number of halogens is 1. The van der Waals surface area contributed by atoms with E-state index in [0.717, 1.165) is 0 Å². The van der Waals surface area contributed by atoms with E-state index < -0.39 is 4.92 Å². The third kappa shape index (κ3) is 5.54. The molecule has 0 atom stereocenters. The van der Waals surface area contributed by atoms with E-state index in [1.807, 2.05) is 0 Å². The lowest BCUT2D eigenvalue weighted by Gasteiger charge is -2.11. The average molecular weight is 410 g/mol. The van der Waals surface area contributed by atoms with Gasteiger partial charge in [0.1, 0.15) is 19.0 Å². The van der Waals surface area contributed by atoms with Crippen LogP contribution in [-0.2, 0) is 18.1 Å². The highest BCUT2D eigenvalue weighted by molar-refractivity contribution is 5.80. The molecule has 154 valence electrons. The van der Waals surface area contributed by atoms with Gasteiger partial charge in [-0.3, -0.25) is 10.1 Å². The highest BCUT2D eigenvalue weighted by Gasteiger charge is 2.08. The first-order valence-electron chi connectivity index (χ1n) is 8.99. The van der Waals surface area contributed by atoms with Gasteiger partial charge in [-0.2, -0.15) is 0 Å². The molecule has 0 spiro atoms. The SMILES string of the molecule is COc1cc(/C=N\OCc2cccc([N+](=O)[O-])c2)ccc1OCc1ccccc1F. The van der Waals surface area contributed by atoms with Gasteiger partial charge in [0.25, 0.3) is 5.69 Å². The zero-order valence-corrected chi connectivity index (χ0v) is 16.2. The average Bonchev–Trinajstić information content (AvgIpc) is 2.76. The van der Waals surface area contributed by atoms with E-state index in [1.165, 1.54) is 31.5 Å². The molecule has 0 unspecified atom stereocenters. The summed E-state index contributed by atoms with van der Waals surface area (Å²) in [5.41, 5.74) is 1.77. The summed E-state index contributed by atoms with van der Waals surface area (Å²) in [5, 5.41) is 14.7. The van der Waals surface area contributed by atoms with Crippen LogP contribution >= 0.6 is 0 Å². The van der Waals surface area contributed by atoms with Crippen molar-refractivity contribution in [2.45, 2.75) is 13.2 Å². The molecule has 0 heterocycles. The molecule has 3 aromatic carbocycles. The smallest absolute Gasteiger partial charge is 0.269 e. The molecule has 0 bridgehead atoms. The van der Waals surface area contributed by atoms with Crippen molar-refractivity contribution in [3.05, 3.63) is 99.4 Å². The van der Waals surface area contributed by atoms with E-state index in [9.17, 15) is 14.5 Å². The molecular formula is C22H19FN2O5. The molecule has 0 aromatic heterocycles. The topological polar surface area (TPSA) is 83.2 Å². The molecule has 0 fully saturated rings. The number of benzene rings is 3. The molecule has 8 heteroatoms. The van der Waals surface area contributed by atoms with Crippen LogP contribution in [0.4, 0.5) is 10.1 Å². The van der Waals surface area contributed by atoms with Crippen molar-refractivity contribution >= 4 is 11.9 Å². The number of nitrogens with zero attached hydrogens (tertiary/aromatic N) is 2. The minimum atomic E-state index is -0.463. The van der Waals surface area contributed by atoms with Gasteiger partial charge in [0.15, 0.2) is 11.5 Å². The van der Waals surface area contributed by atoms with Crippen molar-refractivity contribution < 1.29 is 23.6 Å². The van der Waals surface area contributed by atoms with Crippen LogP contribution in [0.2, 0.25) is 0 Å². The predicted molar refractivity (Wildman–Crippen MR) is 109 cm³/mol. The van der Waals surface area contributed by atoms with Crippen LogP contribution in [-0.4, -0.2) is 18.2 Å². The molecule has 0 aliphatic rings. The lowest BCUT2D eigenvalue weighted by molar-refractivity contribution is -0.384. The zero-order chi connectivity index (χ0) is 21.3. The van der Waals surface area contributed by atoms with Crippen molar-refractivity contribution in [3.63, 3.8) is 0 Å². The Labute approximate surface area is 172 Å².